The molecule has 0 atom stereocenters. The molecule has 0 radical (unpaired) electrons. The van der Waals surface area contributed by atoms with Crippen molar-refractivity contribution in [2.75, 3.05) is 26.2 Å². The summed E-state index contributed by atoms with van der Waals surface area (Å²) in [7, 11) is -3.43. The van der Waals surface area contributed by atoms with E-state index < -0.39 is 10.0 Å². The molecular weight excluding hydrogens is 246 g/mol. The van der Waals surface area contributed by atoms with Gasteiger partial charge in [0.2, 0.25) is 10.0 Å². The van der Waals surface area contributed by atoms with Crippen molar-refractivity contribution in [3.05, 3.63) is 23.0 Å². The Kier molecular flexibility index (Phi) is 3.38. The van der Waals surface area contributed by atoms with Crippen LogP contribution in [-0.4, -0.2) is 43.9 Å². The molecule has 0 saturated carbocycles. The van der Waals surface area contributed by atoms with E-state index >= 15 is 0 Å². The van der Waals surface area contributed by atoms with Crippen LogP contribution in [0.1, 0.15) is 0 Å². The topological polar surface area (TPSA) is 65.2 Å². The molecular formula is C9H13N3O2S2. The van der Waals surface area contributed by atoms with Crippen molar-refractivity contribution in [2.45, 2.75) is 4.90 Å². The number of nitrogens with zero attached hydrogens (tertiary/aromatic N) is 1. The first-order valence-corrected chi connectivity index (χ1v) is 6.85. The first-order chi connectivity index (χ1) is 7.62. The monoisotopic (exact) mass is 259 g/mol. The maximum Gasteiger partial charge on any atom is 0.246 e. The maximum absolute atomic E-state index is 12.2. The number of piperazine rings is 1. The van der Waals surface area contributed by atoms with Crippen LogP contribution in [0, 0.1) is 4.51 Å². The average molecular weight is 259 g/mol. The largest absolute Gasteiger partial charge is 0.366 e. The van der Waals surface area contributed by atoms with Gasteiger partial charge in [-0.2, -0.15) is 4.31 Å². The number of aromatic nitrogens is 1. The molecule has 1 aromatic heterocycles. The summed E-state index contributed by atoms with van der Waals surface area (Å²) in [5, 5.41) is 3.11. The van der Waals surface area contributed by atoms with Gasteiger partial charge in [-0.3, -0.25) is 0 Å². The summed E-state index contributed by atoms with van der Waals surface area (Å²) in [4.78, 5) is 2.95. The van der Waals surface area contributed by atoms with Gasteiger partial charge in [-0.05, 0) is 6.07 Å². The lowest BCUT2D eigenvalue weighted by Gasteiger charge is -2.26. The molecule has 1 aromatic rings. The van der Waals surface area contributed by atoms with Crippen molar-refractivity contribution in [3.63, 3.8) is 0 Å². The van der Waals surface area contributed by atoms with Crippen molar-refractivity contribution >= 4 is 22.2 Å². The zero-order chi connectivity index (χ0) is 11.6. The molecule has 16 heavy (non-hydrogen) atoms. The van der Waals surface area contributed by atoms with Gasteiger partial charge < -0.3 is 10.3 Å². The van der Waals surface area contributed by atoms with Crippen molar-refractivity contribution < 1.29 is 8.42 Å². The first kappa shape index (κ1) is 11.7. The van der Waals surface area contributed by atoms with Gasteiger partial charge in [0.1, 0.15) is 4.90 Å². The van der Waals surface area contributed by atoms with E-state index in [9.17, 15) is 8.42 Å². The molecule has 0 aromatic carbocycles. The Labute approximate surface area is 99.5 Å². The third-order valence-corrected chi connectivity index (χ3v) is 4.91. The van der Waals surface area contributed by atoms with Crippen molar-refractivity contribution in [1.29, 1.82) is 0 Å². The van der Waals surface area contributed by atoms with E-state index in [-0.39, 0.29) is 4.90 Å². The minimum atomic E-state index is -3.43. The Hall–Kier alpha value is -0.760. The van der Waals surface area contributed by atoms with Gasteiger partial charge in [-0.25, -0.2) is 8.42 Å². The second kappa shape index (κ2) is 4.62. The van der Waals surface area contributed by atoms with E-state index in [1.54, 1.807) is 12.3 Å². The molecule has 0 aliphatic carbocycles. The predicted octanol–water partition coefficient (Wildman–Crippen LogP) is 0.338. The number of H-pyrrole nitrogens is 1. The van der Waals surface area contributed by atoms with Crippen molar-refractivity contribution in [3.8, 4) is 0 Å². The Morgan fingerprint density at radius 3 is 2.62 bits per heavy atom. The number of aromatic amines is 1. The summed E-state index contributed by atoms with van der Waals surface area (Å²) < 4.78 is 26.3. The number of hydrogen-bond acceptors (Lipinski definition) is 4. The molecule has 1 aliphatic heterocycles. The lowest BCUT2D eigenvalue weighted by Crippen LogP contribution is -2.46. The second-order valence-electron chi connectivity index (χ2n) is 3.53. The number of pyridine rings is 1. The number of nitrogens with one attached hydrogen (secondary N) is 2. The van der Waals surface area contributed by atoms with Crippen LogP contribution in [0.2, 0.25) is 0 Å². The molecule has 0 bridgehead atoms. The highest BCUT2D eigenvalue weighted by atomic mass is 32.2. The third kappa shape index (κ3) is 2.17. The Balaban J connectivity index is 2.39. The Morgan fingerprint density at radius 1 is 1.31 bits per heavy atom. The molecule has 88 valence electrons. The molecule has 1 aliphatic rings. The smallest absolute Gasteiger partial charge is 0.246 e. The zero-order valence-corrected chi connectivity index (χ0v) is 10.3. The van der Waals surface area contributed by atoms with Gasteiger partial charge in [0.15, 0.2) is 0 Å². The highest BCUT2D eigenvalue weighted by Crippen LogP contribution is 2.16. The fourth-order valence-electron chi connectivity index (χ4n) is 1.63. The number of rotatable bonds is 2. The average Bonchev–Trinajstić information content (AvgIpc) is 2.30. The molecule has 2 N–H and O–H groups in total. The summed E-state index contributed by atoms with van der Waals surface area (Å²) >= 11 is 5.03. The van der Waals surface area contributed by atoms with E-state index in [0.717, 1.165) is 0 Å². The summed E-state index contributed by atoms with van der Waals surface area (Å²) in [6, 6.07) is 1.59. The van der Waals surface area contributed by atoms with Gasteiger partial charge in [0.05, 0.1) is 4.51 Å². The van der Waals surface area contributed by atoms with E-state index in [4.69, 9.17) is 12.2 Å². The third-order valence-electron chi connectivity index (χ3n) is 2.48. The fraction of sp³-hybridized carbons (Fsp3) is 0.444. The summed E-state index contributed by atoms with van der Waals surface area (Å²) in [5.74, 6) is 0. The molecule has 1 fully saturated rings. The highest BCUT2D eigenvalue weighted by molar-refractivity contribution is 7.89. The van der Waals surface area contributed by atoms with E-state index in [2.05, 4.69) is 10.3 Å². The standard InChI is InChI=1S/C9H13N3O2S2/c13-16(14,12-5-3-10-4-6-12)9-7-11-2-1-8(9)15/h1-2,7,10H,3-6H2,(H,11,15). The van der Waals surface area contributed by atoms with Crippen LogP contribution in [0.4, 0.5) is 0 Å². The molecule has 2 heterocycles. The summed E-state index contributed by atoms with van der Waals surface area (Å²) in [6.07, 6.45) is 3.07. The molecule has 2 rings (SSSR count). The lowest BCUT2D eigenvalue weighted by atomic mass is 10.4. The summed E-state index contributed by atoms with van der Waals surface area (Å²) in [5.41, 5.74) is 0. The van der Waals surface area contributed by atoms with Crippen molar-refractivity contribution in [1.82, 2.24) is 14.6 Å². The highest BCUT2D eigenvalue weighted by Gasteiger charge is 2.26. The van der Waals surface area contributed by atoms with Gasteiger partial charge >= 0.3 is 0 Å². The van der Waals surface area contributed by atoms with Gasteiger partial charge in [-0.15, -0.1) is 0 Å². The van der Waals surface area contributed by atoms with Gasteiger partial charge in [0.25, 0.3) is 0 Å². The predicted molar refractivity (Wildman–Crippen MR) is 63.3 cm³/mol. The molecule has 1 saturated heterocycles. The fourth-order valence-corrected chi connectivity index (χ4v) is 3.55. The van der Waals surface area contributed by atoms with Crippen LogP contribution in [0.3, 0.4) is 0 Å². The second-order valence-corrected chi connectivity index (χ2v) is 5.87. The van der Waals surface area contributed by atoms with Gasteiger partial charge in [0, 0.05) is 38.6 Å². The van der Waals surface area contributed by atoms with Crippen LogP contribution < -0.4 is 5.32 Å². The Morgan fingerprint density at radius 2 is 2.00 bits per heavy atom. The van der Waals surface area contributed by atoms with E-state index in [1.165, 1.54) is 10.5 Å². The van der Waals surface area contributed by atoms with Gasteiger partial charge in [-0.1, -0.05) is 12.2 Å². The number of sulfonamides is 1. The molecule has 7 heteroatoms. The molecule has 0 unspecified atom stereocenters. The molecule has 0 amide bonds. The SMILES string of the molecule is O=S(=O)(c1c[nH]ccc1=S)N1CCNCC1. The summed E-state index contributed by atoms with van der Waals surface area (Å²) in [6.45, 7) is 2.35. The number of hydrogen-bond donors (Lipinski definition) is 2. The Bertz CT molecular complexity index is 518. The lowest BCUT2D eigenvalue weighted by molar-refractivity contribution is 0.360. The quantitative estimate of drug-likeness (QED) is 0.752. The van der Waals surface area contributed by atoms with Crippen LogP contribution in [0.25, 0.3) is 0 Å². The van der Waals surface area contributed by atoms with Crippen molar-refractivity contribution in [2.24, 2.45) is 0 Å². The van der Waals surface area contributed by atoms with E-state index in [1.807, 2.05) is 0 Å². The minimum Gasteiger partial charge on any atom is -0.366 e. The molecule has 5 nitrogen and oxygen atoms in total. The molecule has 0 spiro atoms. The van der Waals surface area contributed by atoms with Crippen LogP contribution >= 0.6 is 12.2 Å². The van der Waals surface area contributed by atoms with Crippen LogP contribution in [0.5, 0.6) is 0 Å². The van der Waals surface area contributed by atoms with Crippen LogP contribution in [0.15, 0.2) is 23.4 Å². The first-order valence-electron chi connectivity index (χ1n) is 5.00. The minimum absolute atomic E-state index is 0.187. The normalized spacial score (nSPS) is 18.5. The maximum atomic E-state index is 12.2. The van der Waals surface area contributed by atoms with E-state index in [0.29, 0.717) is 30.7 Å². The zero-order valence-electron chi connectivity index (χ0n) is 8.64. The van der Waals surface area contributed by atoms with Crippen LogP contribution in [-0.2, 0) is 10.0 Å².